The summed E-state index contributed by atoms with van der Waals surface area (Å²) in [4.78, 5) is 23.5. The van der Waals surface area contributed by atoms with Crippen molar-refractivity contribution in [2.45, 2.75) is 6.42 Å². The summed E-state index contributed by atoms with van der Waals surface area (Å²) >= 11 is 0. The molecule has 0 saturated carbocycles. The minimum Gasteiger partial charge on any atom is -0.497 e. The molecule has 0 amide bonds. The minimum absolute atomic E-state index is 0.149. The Morgan fingerprint density at radius 3 is 2.24 bits per heavy atom. The number of hydrogen-bond donors (Lipinski definition) is 0. The molecule has 4 heteroatoms. The molecule has 0 fully saturated rings. The molecule has 2 aromatic carbocycles. The third kappa shape index (κ3) is 4.45. The van der Waals surface area contributed by atoms with E-state index in [2.05, 4.69) is 0 Å². The van der Waals surface area contributed by atoms with Gasteiger partial charge in [0.05, 0.1) is 12.7 Å². The Morgan fingerprint density at radius 1 is 0.952 bits per heavy atom. The molecule has 0 N–H and O–H groups in total. The van der Waals surface area contributed by atoms with Crippen LogP contribution in [-0.2, 0) is 16.0 Å². The van der Waals surface area contributed by atoms with Crippen molar-refractivity contribution in [2.75, 3.05) is 13.7 Å². The van der Waals surface area contributed by atoms with E-state index < -0.39 is 5.97 Å². The summed E-state index contributed by atoms with van der Waals surface area (Å²) in [5.74, 6) is 0.102. The molecule has 21 heavy (non-hydrogen) atoms. The molecule has 0 unspecified atom stereocenters. The van der Waals surface area contributed by atoms with Crippen LogP contribution in [-0.4, -0.2) is 25.5 Å². The molecular formula is C17H16O4. The number of ether oxygens (including phenoxy) is 2. The molecular weight excluding hydrogens is 268 g/mol. The van der Waals surface area contributed by atoms with E-state index >= 15 is 0 Å². The summed E-state index contributed by atoms with van der Waals surface area (Å²) in [6.45, 7) is -0.222. The first-order valence-electron chi connectivity index (χ1n) is 6.56. The number of ketones is 1. The number of benzene rings is 2. The Labute approximate surface area is 123 Å². The molecule has 2 aromatic rings. The average Bonchev–Trinajstić information content (AvgIpc) is 2.54. The SMILES string of the molecule is COc1ccc(CC(=O)COC(=O)c2ccccc2)cc1. The number of esters is 1. The molecule has 0 heterocycles. The molecule has 0 aliphatic carbocycles. The van der Waals surface area contributed by atoms with Crippen LogP contribution in [0.1, 0.15) is 15.9 Å². The predicted octanol–water partition coefficient (Wildman–Crippen LogP) is 2.66. The van der Waals surface area contributed by atoms with Gasteiger partial charge in [0.1, 0.15) is 5.75 Å². The van der Waals surface area contributed by atoms with Gasteiger partial charge in [-0.2, -0.15) is 0 Å². The molecule has 0 radical (unpaired) electrons. The number of carbonyl (C=O) groups is 2. The highest BCUT2D eigenvalue weighted by Gasteiger charge is 2.10. The predicted molar refractivity (Wildman–Crippen MR) is 78.4 cm³/mol. The van der Waals surface area contributed by atoms with Gasteiger partial charge in [0.2, 0.25) is 0 Å². The molecule has 0 spiro atoms. The van der Waals surface area contributed by atoms with Crippen LogP contribution in [0.3, 0.4) is 0 Å². The minimum atomic E-state index is -0.487. The summed E-state index contributed by atoms with van der Waals surface area (Å²) in [7, 11) is 1.59. The standard InChI is InChI=1S/C17H16O4/c1-20-16-9-7-13(8-10-16)11-15(18)12-21-17(19)14-5-3-2-4-6-14/h2-10H,11-12H2,1H3. The summed E-state index contributed by atoms with van der Waals surface area (Å²) in [6, 6.07) is 15.8. The molecule has 0 saturated heterocycles. The first-order valence-corrected chi connectivity index (χ1v) is 6.56. The van der Waals surface area contributed by atoms with Crippen molar-refractivity contribution in [1.82, 2.24) is 0 Å². The smallest absolute Gasteiger partial charge is 0.338 e. The van der Waals surface area contributed by atoms with Gasteiger partial charge in [0, 0.05) is 6.42 Å². The van der Waals surface area contributed by atoms with Crippen molar-refractivity contribution in [3.8, 4) is 5.75 Å². The Hall–Kier alpha value is -2.62. The maximum atomic E-state index is 11.8. The maximum absolute atomic E-state index is 11.8. The molecule has 0 aromatic heterocycles. The van der Waals surface area contributed by atoms with Gasteiger partial charge in [-0.3, -0.25) is 4.79 Å². The van der Waals surface area contributed by atoms with Crippen molar-refractivity contribution in [1.29, 1.82) is 0 Å². The molecule has 4 nitrogen and oxygen atoms in total. The van der Waals surface area contributed by atoms with Crippen LogP contribution in [0.4, 0.5) is 0 Å². The highest BCUT2D eigenvalue weighted by atomic mass is 16.5. The Bertz CT molecular complexity index is 602. The van der Waals surface area contributed by atoms with E-state index in [0.29, 0.717) is 5.56 Å². The number of carbonyl (C=O) groups excluding carboxylic acids is 2. The topological polar surface area (TPSA) is 52.6 Å². The summed E-state index contributed by atoms with van der Waals surface area (Å²) in [5.41, 5.74) is 1.30. The average molecular weight is 284 g/mol. The van der Waals surface area contributed by atoms with Crippen LogP contribution < -0.4 is 4.74 Å². The molecule has 0 aliphatic rings. The van der Waals surface area contributed by atoms with Gasteiger partial charge >= 0.3 is 5.97 Å². The lowest BCUT2D eigenvalue weighted by Gasteiger charge is -2.05. The Balaban J connectivity index is 1.83. The largest absolute Gasteiger partial charge is 0.497 e. The third-order valence-electron chi connectivity index (χ3n) is 2.93. The lowest BCUT2D eigenvalue weighted by atomic mass is 10.1. The molecule has 0 atom stereocenters. The molecule has 2 rings (SSSR count). The third-order valence-corrected chi connectivity index (χ3v) is 2.93. The van der Waals surface area contributed by atoms with Gasteiger partial charge in [-0.1, -0.05) is 30.3 Å². The van der Waals surface area contributed by atoms with E-state index in [1.54, 1.807) is 43.5 Å². The fraction of sp³-hybridized carbons (Fsp3) is 0.176. The first kappa shape index (κ1) is 14.8. The molecule has 0 aliphatic heterocycles. The maximum Gasteiger partial charge on any atom is 0.338 e. The van der Waals surface area contributed by atoms with Crippen LogP contribution in [0.25, 0.3) is 0 Å². The Kier molecular flexibility index (Phi) is 5.10. The van der Waals surface area contributed by atoms with Crippen molar-refractivity contribution in [2.24, 2.45) is 0 Å². The van der Waals surface area contributed by atoms with E-state index in [0.717, 1.165) is 11.3 Å². The van der Waals surface area contributed by atoms with E-state index in [-0.39, 0.29) is 18.8 Å². The van der Waals surface area contributed by atoms with E-state index in [1.807, 2.05) is 18.2 Å². The zero-order valence-electron chi connectivity index (χ0n) is 11.7. The quantitative estimate of drug-likeness (QED) is 0.765. The van der Waals surface area contributed by atoms with E-state index in [1.165, 1.54) is 0 Å². The highest BCUT2D eigenvalue weighted by Crippen LogP contribution is 2.12. The van der Waals surface area contributed by atoms with Crippen molar-refractivity contribution in [3.05, 3.63) is 65.7 Å². The van der Waals surface area contributed by atoms with Gasteiger partial charge in [-0.05, 0) is 29.8 Å². The van der Waals surface area contributed by atoms with E-state index in [9.17, 15) is 9.59 Å². The second kappa shape index (κ2) is 7.24. The zero-order chi connectivity index (χ0) is 15.1. The second-order valence-electron chi connectivity index (χ2n) is 4.51. The monoisotopic (exact) mass is 284 g/mol. The van der Waals surface area contributed by atoms with Crippen LogP contribution in [0, 0.1) is 0 Å². The highest BCUT2D eigenvalue weighted by molar-refractivity contribution is 5.91. The van der Waals surface area contributed by atoms with Gasteiger partial charge < -0.3 is 9.47 Å². The zero-order valence-corrected chi connectivity index (χ0v) is 11.7. The number of Topliss-reactive ketones (excluding diaryl/α,β-unsaturated/α-hetero) is 1. The van der Waals surface area contributed by atoms with Gasteiger partial charge in [0.25, 0.3) is 0 Å². The van der Waals surface area contributed by atoms with Crippen molar-refractivity contribution < 1.29 is 19.1 Å². The van der Waals surface area contributed by atoms with E-state index in [4.69, 9.17) is 9.47 Å². The summed E-state index contributed by atoms with van der Waals surface area (Å²) < 4.78 is 10.0. The number of hydrogen-bond acceptors (Lipinski definition) is 4. The molecule has 0 bridgehead atoms. The summed E-state index contributed by atoms with van der Waals surface area (Å²) in [6.07, 6.45) is 0.228. The number of methoxy groups -OCH3 is 1. The first-order chi connectivity index (χ1) is 10.2. The van der Waals surface area contributed by atoms with Crippen LogP contribution in [0.5, 0.6) is 5.75 Å². The van der Waals surface area contributed by atoms with Crippen molar-refractivity contribution in [3.63, 3.8) is 0 Å². The normalized spacial score (nSPS) is 9.95. The molecule has 108 valence electrons. The van der Waals surface area contributed by atoms with Crippen molar-refractivity contribution >= 4 is 11.8 Å². The lowest BCUT2D eigenvalue weighted by molar-refractivity contribution is -0.121. The van der Waals surface area contributed by atoms with Gasteiger partial charge in [-0.25, -0.2) is 4.79 Å². The summed E-state index contributed by atoms with van der Waals surface area (Å²) in [5, 5.41) is 0. The number of rotatable bonds is 6. The van der Waals surface area contributed by atoms with Crippen LogP contribution in [0.15, 0.2) is 54.6 Å². The fourth-order valence-corrected chi connectivity index (χ4v) is 1.83. The van der Waals surface area contributed by atoms with Gasteiger partial charge in [0.15, 0.2) is 12.4 Å². The fourth-order valence-electron chi connectivity index (χ4n) is 1.83. The van der Waals surface area contributed by atoms with Gasteiger partial charge in [-0.15, -0.1) is 0 Å². The second-order valence-corrected chi connectivity index (χ2v) is 4.51. The van der Waals surface area contributed by atoms with Crippen LogP contribution in [0.2, 0.25) is 0 Å². The van der Waals surface area contributed by atoms with Crippen LogP contribution >= 0.6 is 0 Å². The lowest BCUT2D eigenvalue weighted by Crippen LogP contribution is -2.15. The Morgan fingerprint density at radius 2 is 1.62 bits per heavy atom.